The zero-order chi connectivity index (χ0) is 20.4. The van der Waals surface area contributed by atoms with Crippen molar-refractivity contribution in [2.75, 3.05) is 20.2 Å². The summed E-state index contributed by atoms with van der Waals surface area (Å²) in [5, 5.41) is 0.903. The van der Waals surface area contributed by atoms with Crippen LogP contribution < -0.4 is 9.46 Å². The number of sulfonamides is 1. The van der Waals surface area contributed by atoms with Gasteiger partial charge in [0, 0.05) is 41.8 Å². The number of nitrogens with zero attached hydrogens (tertiary/aromatic N) is 1. The molecule has 1 saturated heterocycles. The highest BCUT2D eigenvalue weighted by atomic mass is 32.2. The van der Waals surface area contributed by atoms with Crippen molar-refractivity contribution in [3.63, 3.8) is 0 Å². The molecular weight excluding hydrogens is 390 g/mol. The first-order chi connectivity index (χ1) is 14.0. The number of carbonyl (C=O) groups excluding carboxylic acids is 1. The largest absolute Gasteiger partial charge is 0.497 e. The van der Waals surface area contributed by atoms with Crippen LogP contribution in [0, 0.1) is 0 Å². The van der Waals surface area contributed by atoms with E-state index in [-0.39, 0.29) is 16.8 Å². The molecule has 0 atom stereocenters. The number of nitrogens with one attached hydrogen (secondary N) is 2. The lowest BCUT2D eigenvalue weighted by molar-refractivity contribution is 0.0713. The summed E-state index contributed by atoms with van der Waals surface area (Å²) in [5.41, 5.74) is 1.60. The van der Waals surface area contributed by atoms with E-state index in [9.17, 15) is 13.2 Å². The fraction of sp³-hybridized carbons (Fsp3) is 0.286. The van der Waals surface area contributed by atoms with Gasteiger partial charge in [-0.15, -0.1) is 0 Å². The number of rotatable bonds is 5. The van der Waals surface area contributed by atoms with Gasteiger partial charge in [-0.05, 0) is 55.3 Å². The Balaban J connectivity index is 1.40. The molecule has 3 aromatic rings. The Morgan fingerprint density at radius 1 is 1.10 bits per heavy atom. The molecule has 2 heterocycles. The standard InChI is InChI=1S/C21H23N3O4S/c1-28-16-5-7-17(8-6-16)29(26,27)23-15-10-13-24(14-11-15)21(25)19-3-2-4-20-18(19)9-12-22-20/h2-9,12,15,22-23H,10-11,13-14H2,1H3. The number of hydrogen-bond acceptors (Lipinski definition) is 4. The van der Waals surface area contributed by atoms with Crippen LogP contribution in [-0.2, 0) is 10.0 Å². The van der Waals surface area contributed by atoms with E-state index in [0.717, 1.165) is 10.9 Å². The molecule has 1 fully saturated rings. The number of methoxy groups -OCH3 is 1. The molecule has 0 bridgehead atoms. The van der Waals surface area contributed by atoms with E-state index < -0.39 is 10.0 Å². The lowest BCUT2D eigenvalue weighted by atomic mass is 10.0. The molecule has 1 aromatic heterocycles. The van der Waals surface area contributed by atoms with Gasteiger partial charge in [-0.2, -0.15) is 0 Å². The molecule has 1 aliphatic heterocycles. The van der Waals surface area contributed by atoms with Crippen LogP contribution in [0.3, 0.4) is 0 Å². The van der Waals surface area contributed by atoms with Gasteiger partial charge in [-0.1, -0.05) is 6.07 Å². The number of amides is 1. The predicted octanol–water partition coefficient (Wildman–Crippen LogP) is 2.76. The van der Waals surface area contributed by atoms with Crippen LogP contribution in [-0.4, -0.2) is 50.5 Å². The number of benzene rings is 2. The molecule has 0 radical (unpaired) electrons. The maximum atomic E-state index is 12.9. The minimum absolute atomic E-state index is 0.0216. The van der Waals surface area contributed by atoms with Gasteiger partial charge in [0.05, 0.1) is 12.0 Å². The average molecular weight is 413 g/mol. The number of H-pyrrole nitrogens is 1. The molecule has 0 aliphatic carbocycles. The lowest BCUT2D eigenvalue weighted by Gasteiger charge is -2.32. The molecule has 2 N–H and O–H groups in total. The number of aromatic nitrogens is 1. The maximum Gasteiger partial charge on any atom is 0.254 e. The van der Waals surface area contributed by atoms with Crippen molar-refractivity contribution in [1.82, 2.24) is 14.6 Å². The van der Waals surface area contributed by atoms with E-state index in [4.69, 9.17) is 4.74 Å². The zero-order valence-electron chi connectivity index (χ0n) is 16.1. The van der Waals surface area contributed by atoms with E-state index >= 15 is 0 Å². The molecule has 4 rings (SSSR count). The Labute approximate surface area is 169 Å². The highest BCUT2D eigenvalue weighted by molar-refractivity contribution is 7.89. The monoisotopic (exact) mass is 413 g/mol. The molecule has 29 heavy (non-hydrogen) atoms. The van der Waals surface area contributed by atoms with Gasteiger partial charge in [0.1, 0.15) is 5.75 Å². The number of ether oxygens (including phenoxy) is 1. The van der Waals surface area contributed by atoms with Crippen molar-refractivity contribution in [2.24, 2.45) is 0 Å². The first-order valence-electron chi connectivity index (χ1n) is 9.50. The van der Waals surface area contributed by atoms with Crippen molar-refractivity contribution in [3.8, 4) is 5.75 Å². The molecule has 1 amide bonds. The molecule has 0 unspecified atom stereocenters. The van der Waals surface area contributed by atoms with Gasteiger partial charge in [0.15, 0.2) is 0 Å². The van der Waals surface area contributed by atoms with Gasteiger partial charge in [-0.25, -0.2) is 13.1 Å². The highest BCUT2D eigenvalue weighted by Crippen LogP contribution is 2.22. The number of fused-ring (bicyclic) bond motifs is 1. The Morgan fingerprint density at radius 3 is 2.52 bits per heavy atom. The van der Waals surface area contributed by atoms with Crippen LogP contribution in [0.4, 0.5) is 0 Å². The summed E-state index contributed by atoms with van der Waals surface area (Å²) >= 11 is 0. The summed E-state index contributed by atoms with van der Waals surface area (Å²) in [5.74, 6) is 0.583. The van der Waals surface area contributed by atoms with Gasteiger partial charge in [0.25, 0.3) is 5.91 Å². The topological polar surface area (TPSA) is 91.5 Å². The number of aromatic amines is 1. The Bertz CT molecular complexity index is 1110. The average Bonchev–Trinajstić information content (AvgIpc) is 3.22. The summed E-state index contributed by atoms with van der Waals surface area (Å²) in [6, 6.07) is 13.6. The second-order valence-electron chi connectivity index (χ2n) is 7.11. The third kappa shape index (κ3) is 3.99. The normalized spacial score (nSPS) is 15.6. The van der Waals surface area contributed by atoms with Gasteiger partial charge in [-0.3, -0.25) is 4.79 Å². The summed E-state index contributed by atoms with van der Waals surface area (Å²) in [7, 11) is -2.07. The zero-order valence-corrected chi connectivity index (χ0v) is 16.9. The van der Waals surface area contributed by atoms with Gasteiger partial charge < -0.3 is 14.6 Å². The minimum atomic E-state index is -3.61. The second kappa shape index (κ2) is 7.88. The van der Waals surface area contributed by atoms with E-state index in [1.165, 1.54) is 19.2 Å². The van der Waals surface area contributed by atoms with Crippen LogP contribution in [0.5, 0.6) is 5.75 Å². The molecule has 1 aliphatic rings. The van der Waals surface area contributed by atoms with Crippen molar-refractivity contribution < 1.29 is 17.9 Å². The van der Waals surface area contributed by atoms with Gasteiger partial charge in [0.2, 0.25) is 10.0 Å². The molecule has 0 spiro atoms. The Morgan fingerprint density at radius 2 is 1.83 bits per heavy atom. The van der Waals surface area contributed by atoms with Crippen LogP contribution >= 0.6 is 0 Å². The summed E-state index contributed by atoms with van der Waals surface area (Å²) in [6.45, 7) is 1.02. The smallest absolute Gasteiger partial charge is 0.254 e. The van der Waals surface area contributed by atoms with Gasteiger partial charge >= 0.3 is 0 Å². The Hall–Kier alpha value is -2.84. The molecule has 7 nitrogen and oxygen atoms in total. The summed E-state index contributed by atoms with van der Waals surface area (Å²) in [6.07, 6.45) is 2.97. The predicted molar refractivity (Wildman–Crippen MR) is 111 cm³/mol. The van der Waals surface area contributed by atoms with Crippen molar-refractivity contribution in [3.05, 3.63) is 60.3 Å². The summed E-state index contributed by atoms with van der Waals surface area (Å²) < 4.78 is 33.1. The molecule has 2 aromatic carbocycles. The maximum absolute atomic E-state index is 12.9. The third-order valence-corrected chi connectivity index (χ3v) is 6.84. The quantitative estimate of drug-likeness (QED) is 0.673. The number of hydrogen-bond donors (Lipinski definition) is 2. The fourth-order valence-electron chi connectivity index (χ4n) is 3.69. The lowest BCUT2D eigenvalue weighted by Crippen LogP contribution is -2.46. The second-order valence-corrected chi connectivity index (χ2v) is 8.82. The van der Waals surface area contributed by atoms with Crippen molar-refractivity contribution >= 4 is 26.8 Å². The molecular formula is C21H23N3O4S. The van der Waals surface area contributed by atoms with Crippen LogP contribution in [0.25, 0.3) is 10.9 Å². The minimum Gasteiger partial charge on any atom is -0.497 e. The van der Waals surface area contributed by atoms with E-state index in [0.29, 0.717) is 37.2 Å². The third-order valence-electron chi connectivity index (χ3n) is 5.30. The number of carbonyl (C=O) groups is 1. The molecule has 8 heteroatoms. The number of piperidine rings is 1. The SMILES string of the molecule is COc1ccc(S(=O)(=O)NC2CCN(C(=O)c3cccc4[nH]ccc34)CC2)cc1. The van der Waals surface area contributed by atoms with Crippen LogP contribution in [0.1, 0.15) is 23.2 Å². The van der Waals surface area contributed by atoms with E-state index in [1.807, 2.05) is 30.5 Å². The first-order valence-corrected chi connectivity index (χ1v) is 11.0. The first kappa shape index (κ1) is 19.5. The van der Waals surface area contributed by atoms with E-state index in [2.05, 4.69) is 9.71 Å². The van der Waals surface area contributed by atoms with E-state index in [1.54, 1.807) is 17.0 Å². The molecule has 152 valence electrons. The van der Waals surface area contributed by atoms with Crippen molar-refractivity contribution in [2.45, 2.75) is 23.8 Å². The van der Waals surface area contributed by atoms with Crippen LogP contribution in [0.15, 0.2) is 59.6 Å². The summed E-state index contributed by atoms with van der Waals surface area (Å²) in [4.78, 5) is 18.1. The van der Waals surface area contributed by atoms with Crippen LogP contribution in [0.2, 0.25) is 0 Å². The fourth-order valence-corrected chi connectivity index (χ4v) is 4.99. The van der Waals surface area contributed by atoms with Crippen molar-refractivity contribution in [1.29, 1.82) is 0 Å². The molecule has 0 saturated carbocycles. The highest BCUT2D eigenvalue weighted by Gasteiger charge is 2.27. The number of likely N-dealkylation sites (tertiary alicyclic amines) is 1. The Kier molecular flexibility index (Phi) is 5.29.